The maximum absolute atomic E-state index is 12.2. The molecular formula is C15H25N3O3. The molecule has 0 radical (unpaired) electrons. The molecule has 6 nitrogen and oxygen atoms in total. The van der Waals surface area contributed by atoms with Crippen molar-refractivity contribution in [3.63, 3.8) is 0 Å². The first-order valence-corrected chi connectivity index (χ1v) is 8.17. The van der Waals surface area contributed by atoms with E-state index in [9.17, 15) is 14.7 Å². The Labute approximate surface area is 125 Å². The number of carboxylic acid groups (broad SMARTS) is 1. The van der Waals surface area contributed by atoms with Crippen molar-refractivity contribution in [1.29, 1.82) is 0 Å². The standard InChI is InChI=1S/C15H25N3O3/c19-14(20)13-12-4-1-3-10(12)9-18(13)15(21)17-8-2-7-16-11-5-6-11/h10-13,16H,1-9H2,(H,17,21)(H,19,20). The van der Waals surface area contributed by atoms with Crippen molar-refractivity contribution >= 4 is 12.0 Å². The molecule has 1 aliphatic heterocycles. The Kier molecular flexibility index (Phi) is 4.33. The number of aliphatic carboxylic acids is 1. The SMILES string of the molecule is O=C(O)C1C2CCCC2CN1C(=O)NCCCNC1CC1. The number of nitrogens with one attached hydrogen (secondary N) is 2. The van der Waals surface area contributed by atoms with Gasteiger partial charge < -0.3 is 20.6 Å². The minimum absolute atomic E-state index is 0.157. The van der Waals surface area contributed by atoms with Crippen LogP contribution in [0.1, 0.15) is 38.5 Å². The summed E-state index contributed by atoms with van der Waals surface area (Å²) in [5.41, 5.74) is 0. The van der Waals surface area contributed by atoms with Gasteiger partial charge in [-0.3, -0.25) is 0 Å². The van der Waals surface area contributed by atoms with Crippen molar-refractivity contribution in [1.82, 2.24) is 15.5 Å². The van der Waals surface area contributed by atoms with E-state index in [4.69, 9.17) is 0 Å². The zero-order valence-electron chi connectivity index (χ0n) is 12.4. The molecule has 2 amide bonds. The van der Waals surface area contributed by atoms with E-state index in [1.165, 1.54) is 12.8 Å². The van der Waals surface area contributed by atoms with Crippen molar-refractivity contribution in [2.24, 2.45) is 11.8 Å². The third-order valence-electron chi connectivity index (χ3n) is 5.04. The number of hydrogen-bond acceptors (Lipinski definition) is 3. The van der Waals surface area contributed by atoms with Crippen molar-refractivity contribution in [3.05, 3.63) is 0 Å². The highest BCUT2D eigenvalue weighted by Gasteiger charge is 2.49. The fourth-order valence-corrected chi connectivity index (χ4v) is 3.81. The topological polar surface area (TPSA) is 81.7 Å². The second-order valence-corrected chi connectivity index (χ2v) is 6.60. The van der Waals surface area contributed by atoms with Crippen LogP contribution in [0.25, 0.3) is 0 Å². The van der Waals surface area contributed by atoms with Crippen LogP contribution in [0.4, 0.5) is 4.79 Å². The number of carbonyl (C=O) groups is 2. The molecule has 1 heterocycles. The van der Waals surface area contributed by atoms with Gasteiger partial charge in [-0.2, -0.15) is 0 Å². The molecule has 3 N–H and O–H groups in total. The van der Waals surface area contributed by atoms with E-state index < -0.39 is 12.0 Å². The summed E-state index contributed by atoms with van der Waals surface area (Å²) in [6.07, 6.45) is 6.52. The molecule has 0 aromatic heterocycles. The van der Waals surface area contributed by atoms with Gasteiger partial charge in [0, 0.05) is 19.1 Å². The van der Waals surface area contributed by atoms with E-state index in [1.807, 2.05) is 0 Å². The molecule has 0 aromatic carbocycles. The molecule has 3 aliphatic rings. The molecule has 3 unspecified atom stereocenters. The van der Waals surface area contributed by atoms with E-state index in [-0.39, 0.29) is 11.9 Å². The van der Waals surface area contributed by atoms with E-state index >= 15 is 0 Å². The predicted octanol–water partition coefficient (Wildman–Crippen LogP) is 1.02. The fraction of sp³-hybridized carbons (Fsp3) is 0.867. The smallest absolute Gasteiger partial charge is 0.326 e. The van der Waals surface area contributed by atoms with Gasteiger partial charge in [-0.05, 0) is 50.5 Å². The summed E-state index contributed by atoms with van der Waals surface area (Å²) in [6.45, 7) is 2.13. The highest BCUT2D eigenvalue weighted by atomic mass is 16.4. The summed E-state index contributed by atoms with van der Waals surface area (Å²) in [4.78, 5) is 25.3. The van der Waals surface area contributed by atoms with Gasteiger partial charge in [-0.15, -0.1) is 0 Å². The summed E-state index contributed by atoms with van der Waals surface area (Å²) in [6, 6.07) is -0.139. The van der Waals surface area contributed by atoms with Crippen molar-refractivity contribution in [2.45, 2.75) is 50.6 Å². The Morgan fingerprint density at radius 3 is 2.67 bits per heavy atom. The molecule has 3 rings (SSSR count). The zero-order chi connectivity index (χ0) is 14.8. The van der Waals surface area contributed by atoms with Crippen LogP contribution in [-0.4, -0.2) is 53.7 Å². The first-order chi connectivity index (χ1) is 10.2. The maximum atomic E-state index is 12.2. The van der Waals surface area contributed by atoms with Gasteiger partial charge >= 0.3 is 12.0 Å². The molecule has 2 saturated carbocycles. The quantitative estimate of drug-likeness (QED) is 0.639. The van der Waals surface area contributed by atoms with E-state index in [0.717, 1.165) is 32.2 Å². The number of nitrogens with zero attached hydrogens (tertiary/aromatic N) is 1. The Hall–Kier alpha value is -1.30. The molecule has 0 spiro atoms. The molecule has 1 saturated heterocycles. The van der Waals surface area contributed by atoms with Gasteiger partial charge in [0.25, 0.3) is 0 Å². The molecule has 0 bridgehead atoms. The van der Waals surface area contributed by atoms with Crippen molar-refractivity contribution in [3.8, 4) is 0 Å². The summed E-state index contributed by atoms with van der Waals surface area (Å²) >= 11 is 0. The molecule has 3 fully saturated rings. The Balaban J connectivity index is 1.45. The highest BCUT2D eigenvalue weighted by Crippen LogP contribution is 2.42. The van der Waals surface area contributed by atoms with Crippen LogP contribution in [0.2, 0.25) is 0 Å². The third kappa shape index (κ3) is 3.31. The van der Waals surface area contributed by atoms with E-state index in [0.29, 0.717) is 25.0 Å². The van der Waals surface area contributed by atoms with Gasteiger partial charge in [0.05, 0.1) is 0 Å². The minimum Gasteiger partial charge on any atom is -0.480 e. The molecule has 2 aliphatic carbocycles. The van der Waals surface area contributed by atoms with E-state index in [1.54, 1.807) is 4.90 Å². The molecule has 118 valence electrons. The third-order valence-corrected chi connectivity index (χ3v) is 5.04. The van der Waals surface area contributed by atoms with Gasteiger partial charge in [-0.1, -0.05) is 6.42 Å². The number of urea groups is 1. The summed E-state index contributed by atoms with van der Waals surface area (Å²) in [5, 5.41) is 15.7. The molecule has 3 atom stereocenters. The second-order valence-electron chi connectivity index (χ2n) is 6.60. The average Bonchev–Trinajstić information content (AvgIpc) is 3.02. The van der Waals surface area contributed by atoms with Gasteiger partial charge in [-0.25, -0.2) is 9.59 Å². The van der Waals surface area contributed by atoms with Crippen LogP contribution in [0, 0.1) is 11.8 Å². The maximum Gasteiger partial charge on any atom is 0.326 e. The fourth-order valence-electron chi connectivity index (χ4n) is 3.81. The molecule has 6 heteroatoms. The van der Waals surface area contributed by atoms with Gasteiger partial charge in [0.1, 0.15) is 6.04 Å². The molecule has 0 aromatic rings. The van der Waals surface area contributed by atoms with Crippen molar-refractivity contribution < 1.29 is 14.7 Å². The lowest BCUT2D eigenvalue weighted by molar-refractivity contribution is -0.142. The molecular weight excluding hydrogens is 270 g/mol. The Morgan fingerprint density at radius 2 is 1.95 bits per heavy atom. The predicted molar refractivity (Wildman–Crippen MR) is 78.0 cm³/mol. The lowest BCUT2D eigenvalue weighted by Crippen LogP contribution is -2.48. The lowest BCUT2D eigenvalue weighted by Gasteiger charge is -2.24. The number of carboxylic acids is 1. The largest absolute Gasteiger partial charge is 0.480 e. The van der Waals surface area contributed by atoms with E-state index in [2.05, 4.69) is 10.6 Å². The normalized spacial score (nSPS) is 31.2. The average molecular weight is 295 g/mol. The lowest BCUT2D eigenvalue weighted by atomic mass is 9.94. The summed E-state index contributed by atoms with van der Waals surface area (Å²) in [5.74, 6) is -0.312. The van der Waals surface area contributed by atoms with Crippen LogP contribution >= 0.6 is 0 Å². The zero-order valence-corrected chi connectivity index (χ0v) is 12.4. The Bertz CT molecular complexity index is 411. The summed E-state index contributed by atoms with van der Waals surface area (Å²) in [7, 11) is 0. The number of rotatable bonds is 6. The highest BCUT2D eigenvalue weighted by molar-refractivity contribution is 5.83. The number of likely N-dealkylation sites (tertiary alicyclic amines) is 1. The molecule has 21 heavy (non-hydrogen) atoms. The second kappa shape index (κ2) is 6.22. The first kappa shape index (κ1) is 14.6. The van der Waals surface area contributed by atoms with Crippen LogP contribution in [0.3, 0.4) is 0 Å². The number of amides is 2. The Morgan fingerprint density at radius 1 is 1.14 bits per heavy atom. The van der Waals surface area contributed by atoms with Gasteiger partial charge in [0.15, 0.2) is 0 Å². The summed E-state index contributed by atoms with van der Waals surface area (Å²) < 4.78 is 0. The van der Waals surface area contributed by atoms with Crippen LogP contribution in [0.15, 0.2) is 0 Å². The van der Waals surface area contributed by atoms with Crippen LogP contribution in [0.5, 0.6) is 0 Å². The van der Waals surface area contributed by atoms with Gasteiger partial charge in [0.2, 0.25) is 0 Å². The number of carbonyl (C=O) groups excluding carboxylic acids is 1. The monoisotopic (exact) mass is 295 g/mol. The van der Waals surface area contributed by atoms with Crippen LogP contribution < -0.4 is 10.6 Å². The van der Waals surface area contributed by atoms with Crippen molar-refractivity contribution in [2.75, 3.05) is 19.6 Å². The first-order valence-electron chi connectivity index (χ1n) is 8.17. The number of hydrogen-bond donors (Lipinski definition) is 3. The van der Waals surface area contributed by atoms with Crippen LogP contribution in [-0.2, 0) is 4.79 Å². The minimum atomic E-state index is -0.852. The number of fused-ring (bicyclic) bond motifs is 1.